The highest BCUT2D eigenvalue weighted by molar-refractivity contribution is 5.77. The zero-order valence-corrected chi connectivity index (χ0v) is 7.04. The molecule has 0 bridgehead atoms. The number of hydrogen-bond donors (Lipinski definition) is 3. The molecule has 1 atom stereocenters. The van der Waals surface area contributed by atoms with Gasteiger partial charge in [0.1, 0.15) is 6.04 Å². The third kappa shape index (κ3) is 5.67. The zero-order valence-electron chi connectivity index (χ0n) is 7.04. The molecule has 0 aromatic rings. The summed E-state index contributed by atoms with van der Waals surface area (Å²) in [6.45, 7) is 2.31. The molecule has 1 amide bonds. The van der Waals surface area contributed by atoms with Gasteiger partial charge in [0.25, 0.3) is 0 Å². The number of carbonyl (C=O) groups is 2. The van der Waals surface area contributed by atoms with Crippen LogP contribution in [0, 0.1) is 0 Å². The van der Waals surface area contributed by atoms with Crippen molar-refractivity contribution >= 4 is 11.9 Å². The molecular weight excluding hydrogens is 160 g/mol. The first-order valence-electron chi connectivity index (χ1n) is 3.79. The summed E-state index contributed by atoms with van der Waals surface area (Å²) in [7, 11) is 0. The highest BCUT2D eigenvalue weighted by Crippen LogP contribution is 1.93. The van der Waals surface area contributed by atoms with Crippen LogP contribution in [0.25, 0.3) is 0 Å². The van der Waals surface area contributed by atoms with Gasteiger partial charge in [-0.1, -0.05) is 0 Å². The lowest BCUT2D eigenvalue weighted by Gasteiger charge is -1.90. The van der Waals surface area contributed by atoms with E-state index in [0.29, 0.717) is 0 Å². The summed E-state index contributed by atoms with van der Waals surface area (Å²) >= 11 is 0. The average Bonchev–Trinajstić information content (AvgIpc) is 2.40. The molecule has 70 valence electrons. The van der Waals surface area contributed by atoms with Gasteiger partial charge in [0.05, 0.1) is 0 Å². The predicted molar refractivity (Wildman–Crippen MR) is 43.5 cm³/mol. The van der Waals surface area contributed by atoms with Crippen LogP contribution in [0.2, 0.25) is 0 Å². The Morgan fingerprint density at radius 3 is 2.33 bits per heavy atom. The molecule has 5 heteroatoms. The highest BCUT2D eigenvalue weighted by atomic mass is 16.4. The molecule has 0 spiro atoms. The minimum absolute atomic E-state index is 0.204. The van der Waals surface area contributed by atoms with Gasteiger partial charge < -0.3 is 16.2 Å². The Bertz CT molecular complexity index is 158. The average molecular weight is 174 g/mol. The van der Waals surface area contributed by atoms with Gasteiger partial charge in [0.15, 0.2) is 0 Å². The van der Waals surface area contributed by atoms with E-state index in [1.165, 1.54) is 6.92 Å². The number of carboxylic acid groups (broad SMARTS) is 1. The number of nitrogens with two attached hydrogens (primary N) is 1. The SMILES string of the molecule is CC(N)C(=O)O.O=C1CCCN1. The lowest BCUT2D eigenvalue weighted by atomic mass is 10.4. The lowest BCUT2D eigenvalue weighted by Crippen LogP contribution is -2.25. The van der Waals surface area contributed by atoms with Crippen molar-refractivity contribution in [2.45, 2.75) is 25.8 Å². The second-order valence-corrected chi connectivity index (χ2v) is 2.58. The van der Waals surface area contributed by atoms with Crippen LogP contribution in [0.15, 0.2) is 0 Å². The number of rotatable bonds is 1. The standard InChI is InChI=1S/C4H7NO.C3H7NO2/c6-4-2-1-3-5-4;1-2(4)3(5)6/h1-3H2,(H,5,6);2H,4H2,1H3,(H,5,6). The van der Waals surface area contributed by atoms with Crippen LogP contribution in [0.1, 0.15) is 19.8 Å². The largest absolute Gasteiger partial charge is 0.480 e. The molecular formula is C7H14N2O3. The number of carboxylic acids is 1. The van der Waals surface area contributed by atoms with Crippen molar-refractivity contribution in [1.82, 2.24) is 5.32 Å². The van der Waals surface area contributed by atoms with Crippen molar-refractivity contribution in [3.05, 3.63) is 0 Å². The second kappa shape index (κ2) is 5.54. The van der Waals surface area contributed by atoms with E-state index >= 15 is 0 Å². The number of hydrogen-bond acceptors (Lipinski definition) is 3. The molecule has 0 aromatic carbocycles. The maximum Gasteiger partial charge on any atom is 0.320 e. The molecule has 0 radical (unpaired) electrons. The van der Waals surface area contributed by atoms with Gasteiger partial charge in [-0.3, -0.25) is 9.59 Å². The first-order chi connectivity index (χ1) is 5.54. The van der Waals surface area contributed by atoms with E-state index in [1.54, 1.807) is 0 Å². The van der Waals surface area contributed by atoms with E-state index in [0.717, 1.165) is 19.4 Å². The summed E-state index contributed by atoms with van der Waals surface area (Å²) in [6.07, 6.45) is 1.76. The van der Waals surface area contributed by atoms with Crippen molar-refractivity contribution in [1.29, 1.82) is 0 Å². The van der Waals surface area contributed by atoms with Gasteiger partial charge in [0.2, 0.25) is 5.91 Å². The zero-order chi connectivity index (χ0) is 9.56. The van der Waals surface area contributed by atoms with Gasteiger partial charge in [-0.25, -0.2) is 0 Å². The van der Waals surface area contributed by atoms with E-state index in [2.05, 4.69) is 5.32 Å². The Morgan fingerprint density at radius 1 is 1.75 bits per heavy atom. The molecule has 1 fully saturated rings. The smallest absolute Gasteiger partial charge is 0.320 e. The maximum absolute atomic E-state index is 10.1. The fourth-order valence-corrected chi connectivity index (χ4v) is 0.565. The second-order valence-electron chi connectivity index (χ2n) is 2.58. The molecule has 1 heterocycles. The molecule has 1 aliphatic rings. The van der Waals surface area contributed by atoms with Gasteiger partial charge in [-0.15, -0.1) is 0 Å². The minimum atomic E-state index is -0.963. The van der Waals surface area contributed by atoms with Crippen LogP contribution in [0.4, 0.5) is 0 Å². The summed E-state index contributed by atoms with van der Waals surface area (Å²) in [5.41, 5.74) is 4.84. The molecule has 0 saturated carbocycles. The van der Waals surface area contributed by atoms with E-state index < -0.39 is 12.0 Å². The van der Waals surface area contributed by atoms with E-state index in [-0.39, 0.29) is 5.91 Å². The number of amides is 1. The molecule has 1 saturated heterocycles. The molecule has 4 N–H and O–H groups in total. The minimum Gasteiger partial charge on any atom is -0.480 e. The first kappa shape index (κ1) is 10.9. The van der Waals surface area contributed by atoms with Crippen LogP contribution < -0.4 is 11.1 Å². The Labute approximate surface area is 70.9 Å². The summed E-state index contributed by atoms with van der Waals surface area (Å²) < 4.78 is 0. The van der Waals surface area contributed by atoms with Crippen molar-refractivity contribution in [3.63, 3.8) is 0 Å². The van der Waals surface area contributed by atoms with E-state index in [1.807, 2.05) is 0 Å². The van der Waals surface area contributed by atoms with Crippen molar-refractivity contribution in [2.24, 2.45) is 5.73 Å². The van der Waals surface area contributed by atoms with E-state index in [4.69, 9.17) is 10.8 Å². The molecule has 1 unspecified atom stereocenters. The Balaban J connectivity index is 0.000000202. The first-order valence-corrected chi connectivity index (χ1v) is 3.79. The molecule has 12 heavy (non-hydrogen) atoms. The third-order valence-corrected chi connectivity index (χ3v) is 1.29. The molecule has 0 aromatic heterocycles. The predicted octanol–water partition coefficient (Wildman–Crippen LogP) is -0.685. The maximum atomic E-state index is 10.1. The molecule has 0 aliphatic carbocycles. The monoisotopic (exact) mass is 174 g/mol. The van der Waals surface area contributed by atoms with Crippen LogP contribution in [0.3, 0.4) is 0 Å². The van der Waals surface area contributed by atoms with E-state index in [9.17, 15) is 9.59 Å². The Kier molecular flexibility index (Phi) is 5.03. The van der Waals surface area contributed by atoms with Crippen LogP contribution in [0.5, 0.6) is 0 Å². The van der Waals surface area contributed by atoms with Crippen molar-refractivity contribution in [3.8, 4) is 0 Å². The van der Waals surface area contributed by atoms with Crippen LogP contribution in [-0.4, -0.2) is 29.6 Å². The number of carbonyl (C=O) groups excluding carboxylic acids is 1. The van der Waals surface area contributed by atoms with Gasteiger partial charge in [0, 0.05) is 13.0 Å². The fraction of sp³-hybridized carbons (Fsp3) is 0.714. The van der Waals surface area contributed by atoms with Crippen molar-refractivity contribution in [2.75, 3.05) is 6.54 Å². The normalized spacial score (nSPS) is 17.3. The Hall–Kier alpha value is -1.10. The number of nitrogens with one attached hydrogen (secondary N) is 1. The van der Waals surface area contributed by atoms with Gasteiger partial charge in [-0.2, -0.15) is 0 Å². The third-order valence-electron chi connectivity index (χ3n) is 1.29. The summed E-state index contributed by atoms with van der Waals surface area (Å²) in [5.74, 6) is -0.759. The van der Waals surface area contributed by atoms with Gasteiger partial charge >= 0.3 is 5.97 Å². The fourth-order valence-electron chi connectivity index (χ4n) is 0.565. The molecule has 1 aliphatic heterocycles. The Morgan fingerprint density at radius 2 is 2.25 bits per heavy atom. The summed E-state index contributed by atoms with van der Waals surface area (Å²) in [5, 5.41) is 10.5. The topological polar surface area (TPSA) is 92.4 Å². The quantitative estimate of drug-likeness (QED) is 0.490. The lowest BCUT2D eigenvalue weighted by molar-refractivity contribution is -0.138. The van der Waals surface area contributed by atoms with Crippen LogP contribution >= 0.6 is 0 Å². The highest BCUT2D eigenvalue weighted by Gasteiger charge is 2.05. The van der Waals surface area contributed by atoms with Crippen molar-refractivity contribution < 1.29 is 14.7 Å². The summed E-state index contributed by atoms with van der Waals surface area (Å²) in [6, 6.07) is -0.731. The molecule has 1 rings (SSSR count). The van der Waals surface area contributed by atoms with Gasteiger partial charge in [-0.05, 0) is 13.3 Å². The number of aliphatic carboxylic acids is 1. The summed E-state index contributed by atoms with van der Waals surface area (Å²) in [4.78, 5) is 19.7. The molecule has 5 nitrogen and oxygen atoms in total. The van der Waals surface area contributed by atoms with Crippen LogP contribution in [-0.2, 0) is 9.59 Å².